The van der Waals surface area contributed by atoms with Gasteiger partial charge in [0.25, 0.3) is 0 Å². The minimum absolute atomic E-state index is 0.305. The molecule has 0 spiro atoms. The predicted molar refractivity (Wildman–Crippen MR) is 142 cm³/mol. The number of rotatable bonds is 16. The molecule has 0 amide bonds. The van der Waals surface area contributed by atoms with Gasteiger partial charge in [-0.2, -0.15) is 0 Å². The van der Waals surface area contributed by atoms with Crippen LogP contribution in [-0.4, -0.2) is 9.85 Å². The molecular weight excluding hydrogens is 440 g/mol. The van der Waals surface area contributed by atoms with Crippen LogP contribution in [0.25, 0.3) is 11.1 Å². The molecule has 1 aliphatic rings. The highest BCUT2D eigenvalue weighted by Gasteiger charge is 2.49. The van der Waals surface area contributed by atoms with E-state index in [0.29, 0.717) is 5.56 Å². The molecule has 0 saturated carbocycles. The molecule has 0 unspecified atom stereocenters. The average Bonchev–Trinajstić information content (AvgIpc) is 3.13. The topological polar surface area (TPSA) is 86.3 Å². The van der Waals surface area contributed by atoms with E-state index >= 15 is 0 Å². The largest absolute Gasteiger partial charge is 0.350 e. The normalized spacial score (nSPS) is 13.4. The van der Waals surface area contributed by atoms with Crippen molar-refractivity contribution in [1.29, 1.82) is 0 Å². The number of nitro benzene ring substituents is 2. The van der Waals surface area contributed by atoms with Crippen LogP contribution in [0.1, 0.15) is 115 Å². The lowest BCUT2D eigenvalue weighted by Crippen LogP contribution is -2.27. The van der Waals surface area contributed by atoms with Gasteiger partial charge in [0.1, 0.15) is 0 Å². The molecule has 2 aromatic rings. The average molecular weight is 481 g/mol. The Balaban J connectivity index is 2.04. The van der Waals surface area contributed by atoms with E-state index in [2.05, 4.69) is 19.9 Å². The van der Waals surface area contributed by atoms with Gasteiger partial charge >= 0.3 is 11.4 Å². The molecule has 0 N–H and O–H groups in total. The third-order valence-corrected chi connectivity index (χ3v) is 7.66. The highest BCUT2D eigenvalue weighted by atomic mass is 16.6. The zero-order valence-electron chi connectivity index (χ0n) is 21.4. The summed E-state index contributed by atoms with van der Waals surface area (Å²) >= 11 is 0. The maximum Gasteiger partial charge on any atom is 0.350 e. The Labute approximate surface area is 209 Å². The second-order valence-electron chi connectivity index (χ2n) is 10.0. The van der Waals surface area contributed by atoms with E-state index in [1.54, 1.807) is 6.07 Å². The summed E-state index contributed by atoms with van der Waals surface area (Å²) in [5.74, 6) is 0. The van der Waals surface area contributed by atoms with Gasteiger partial charge in [0, 0.05) is 11.5 Å². The number of nitrogens with zero attached hydrogens (tertiary/aromatic N) is 2. The van der Waals surface area contributed by atoms with Crippen LogP contribution in [0.5, 0.6) is 0 Å². The van der Waals surface area contributed by atoms with Crippen LogP contribution in [0, 0.1) is 20.2 Å². The van der Waals surface area contributed by atoms with E-state index in [4.69, 9.17) is 0 Å². The van der Waals surface area contributed by atoms with Gasteiger partial charge in [0.2, 0.25) is 0 Å². The van der Waals surface area contributed by atoms with E-state index in [1.165, 1.54) is 44.6 Å². The van der Waals surface area contributed by atoms with Crippen LogP contribution < -0.4 is 0 Å². The van der Waals surface area contributed by atoms with E-state index in [9.17, 15) is 20.2 Å². The molecule has 2 aromatic carbocycles. The fraction of sp³-hybridized carbons (Fsp3) is 0.586. The SMILES string of the molecule is CCCCCCCCC1(CCCCCCCC)c2ccccc2-c2ccc([N+](=O)[O-])c([N+](=O)[O-])c21. The van der Waals surface area contributed by atoms with Crippen LogP contribution in [0.3, 0.4) is 0 Å². The highest BCUT2D eigenvalue weighted by Crippen LogP contribution is 2.58. The van der Waals surface area contributed by atoms with Crippen LogP contribution >= 0.6 is 0 Å². The lowest BCUT2D eigenvalue weighted by molar-refractivity contribution is -0.423. The molecule has 3 rings (SSSR count). The maximum atomic E-state index is 12.3. The van der Waals surface area contributed by atoms with E-state index in [-0.39, 0.29) is 5.69 Å². The van der Waals surface area contributed by atoms with Crippen LogP contribution in [-0.2, 0) is 5.41 Å². The lowest BCUT2D eigenvalue weighted by Gasteiger charge is -2.32. The van der Waals surface area contributed by atoms with Crippen LogP contribution in [0.4, 0.5) is 11.4 Å². The summed E-state index contributed by atoms with van der Waals surface area (Å²) in [5, 5.41) is 24.2. The van der Waals surface area contributed by atoms with Gasteiger partial charge in [-0.25, -0.2) is 0 Å². The summed E-state index contributed by atoms with van der Waals surface area (Å²) in [6, 6.07) is 11.1. The Bertz CT molecular complexity index is 1000. The van der Waals surface area contributed by atoms with Crippen molar-refractivity contribution >= 4 is 11.4 Å². The number of fused-ring (bicyclic) bond motifs is 3. The Morgan fingerprint density at radius 2 is 1.20 bits per heavy atom. The lowest BCUT2D eigenvalue weighted by atomic mass is 9.70. The summed E-state index contributed by atoms with van der Waals surface area (Å²) in [5.41, 5.74) is 2.25. The quantitative estimate of drug-likeness (QED) is 0.136. The first kappa shape index (κ1) is 26.8. The van der Waals surface area contributed by atoms with Gasteiger partial charge in [-0.3, -0.25) is 20.2 Å². The fourth-order valence-electron chi connectivity index (χ4n) is 5.95. The van der Waals surface area contributed by atoms with Crippen molar-refractivity contribution in [3.05, 3.63) is 67.8 Å². The third kappa shape index (κ3) is 5.91. The number of benzene rings is 2. The summed E-state index contributed by atoms with van der Waals surface area (Å²) in [4.78, 5) is 23.0. The van der Waals surface area contributed by atoms with Gasteiger partial charge in [-0.1, -0.05) is 115 Å². The van der Waals surface area contributed by atoms with Gasteiger partial charge in [-0.05, 0) is 35.6 Å². The molecule has 6 heteroatoms. The first-order valence-electron chi connectivity index (χ1n) is 13.5. The number of hydrogen-bond acceptors (Lipinski definition) is 4. The number of unbranched alkanes of at least 4 members (excludes halogenated alkanes) is 10. The summed E-state index contributed by atoms with van der Waals surface area (Å²) in [7, 11) is 0. The standard InChI is InChI=1S/C29H40N2O4/c1-3-5-7-9-11-15-21-29(22-16-12-10-8-6-4-2)25-18-14-13-17-23(25)24-19-20-26(30(32)33)28(27(24)29)31(34)35/h13-14,17-20H,3-12,15-16,21-22H2,1-2H3. The minimum atomic E-state index is -0.596. The Morgan fingerprint density at radius 3 is 1.74 bits per heavy atom. The van der Waals surface area contributed by atoms with Crippen LogP contribution in [0.2, 0.25) is 0 Å². The molecule has 6 nitrogen and oxygen atoms in total. The van der Waals surface area contributed by atoms with E-state index < -0.39 is 20.9 Å². The third-order valence-electron chi connectivity index (χ3n) is 7.66. The number of hydrogen-bond donors (Lipinski definition) is 0. The summed E-state index contributed by atoms with van der Waals surface area (Å²) in [6.45, 7) is 4.40. The van der Waals surface area contributed by atoms with Gasteiger partial charge < -0.3 is 0 Å². The van der Waals surface area contributed by atoms with Crippen molar-refractivity contribution in [3.63, 3.8) is 0 Å². The molecule has 0 aromatic heterocycles. The van der Waals surface area contributed by atoms with Gasteiger partial charge in [0.05, 0.1) is 15.4 Å². The summed E-state index contributed by atoms with van der Waals surface area (Å²) < 4.78 is 0. The zero-order valence-corrected chi connectivity index (χ0v) is 21.4. The molecule has 0 radical (unpaired) electrons. The van der Waals surface area contributed by atoms with Crippen molar-refractivity contribution in [3.8, 4) is 11.1 Å². The molecular formula is C29H40N2O4. The van der Waals surface area contributed by atoms with Crippen molar-refractivity contribution in [2.24, 2.45) is 0 Å². The van der Waals surface area contributed by atoms with Crippen molar-refractivity contribution in [2.75, 3.05) is 0 Å². The molecule has 0 bridgehead atoms. The Hall–Kier alpha value is -2.76. The second-order valence-corrected chi connectivity index (χ2v) is 10.0. The summed E-state index contributed by atoms with van der Waals surface area (Å²) in [6.07, 6.45) is 15.3. The van der Waals surface area contributed by atoms with Crippen molar-refractivity contribution in [1.82, 2.24) is 0 Å². The molecule has 1 aliphatic carbocycles. The molecule has 0 saturated heterocycles. The van der Waals surface area contributed by atoms with Gasteiger partial charge in [0.15, 0.2) is 0 Å². The zero-order chi connectivity index (χ0) is 25.3. The highest BCUT2D eigenvalue weighted by molar-refractivity contribution is 5.87. The smallest absolute Gasteiger partial charge is 0.258 e. The van der Waals surface area contributed by atoms with Crippen molar-refractivity contribution < 1.29 is 9.85 Å². The fourth-order valence-corrected chi connectivity index (χ4v) is 5.95. The van der Waals surface area contributed by atoms with Crippen molar-refractivity contribution in [2.45, 2.75) is 109 Å². The predicted octanol–water partition coefficient (Wildman–Crippen LogP) is 9.27. The first-order chi connectivity index (χ1) is 17.0. The Morgan fingerprint density at radius 1 is 0.657 bits per heavy atom. The number of nitro groups is 2. The Kier molecular flexibility index (Phi) is 9.82. The van der Waals surface area contributed by atoms with Crippen LogP contribution in [0.15, 0.2) is 36.4 Å². The molecule has 190 valence electrons. The molecule has 0 fully saturated rings. The first-order valence-corrected chi connectivity index (χ1v) is 13.5. The van der Waals surface area contributed by atoms with Gasteiger partial charge in [-0.15, -0.1) is 0 Å². The molecule has 0 aliphatic heterocycles. The van der Waals surface area contributed by atoms with E-state index in [0.717, 1.165) is 68.1 Å². The monoisotopic (exact) mass is 480 g/mol. The molecule has 0 heterocycles. The molecule has 0 atom stereocenters. The van der Waals surface area contributed by atoms with E-state index in [1.807, 2.05) is 18.2 Å². The molecule has 35 heavy (non-hydrogen) atoms. The maximum absolute atomic E-state index is 12.3. The minimum Gasteiger partial charge on any atom is -0.258 e. The second kappa shape index (κ2) is 12.8.